The quantitative estimate of drug-likeness (QED) is 0.383. The van der Waals surface area contributed by atoms with Crippen molar-refractivity contribution in [2.24, 2.45) is 5.11 Å². The van der Waals surface area contributed by atoms with Gasteiger partial charge >= 0.3 is 5.97 Å². The molecule has 0 radical (unpaired) electrons. The zero-order valence-corrected chi connectivity index (χ0v) is 11.1. The highest BCUT2D eigenvalue weighted by Crippen LogP contribution is 2.13. The topological polar surface area (TPSA) is 109 Å². The zero-order chi connectivity index (χ0) is 15.2. The number of benzene rings is 2. The molecule has 0 unspecified atom stereocenters. The van der Waals surface area contributed by atoms with Crippen molar-refractivity contribution >= 4 is 17.5 Å². The summed E-state index contributed by atoms with van der Waals surface area (Å²) in [5, 5.41) is 22.6. The van der Waals surface area contributed by atoms with Crippen LogP contribution in [0.4, 0.5) is 5.69 Å². The van der Waals surface area contributed by atoms with Crippen molar-refractivity contribution in [3.8, 4) is 0 Å². The van der Waals surface area contributed by atoms with Gasteiger partial charge in [0.15, 0.2) is 5.84 Å². The fraction of sp³-hybridized carbons (Fsp3) is 0.0667. The second-order valence-electron chi connectivity index (χ2n) is 4.40. The molecule has 0 aliphatic heterocycles. The van der Waals surface area contributed by atoms with E-state index in [1.807, 2.05) is 6.07 Å². The third kappa shape index (κ3) is 3.73. The smallest absolute Gasteiger partial charge is 0.335 e. The second-order valence-corrected chi connectivity index (χ2v) is 4.40. The Hall–Kier alpha value is -3.02. The molecule has 2 aromatic carbocycles. The molecule has 0 aliphatic rings. The first kappa shape index (κ1) is 14.4. The highest BCUT2D eigenvalue weighted by molar-refractivity contribution is 5.96. The van der Waals surface area contributed by atoms with Gasteiger partial charge in [-0.05, 0) is 42.0 Å². The van der Waals surface area contributed by atoms with E-state index in [2.05, 4.69) is 10.4 Å². The lowest BCUT2D eigenvalue weighted by Crippen LogP contribution is -2.02. The molecule has 0 saturated carbocycles. The Morgan fingerprint density at radius 1 is 1.14 bits per heavy atom. The molecule has 0 fully saturated rings. The summed E-state index contributed by atoms with van der Waals surface area (Å²) in [6, 6.07) is 13.7. The number of amidine groups is 1. The molecule has 6 heteroatoms. The molecule has 21 heavy (non-hydrogen) atoms. The van der Waals surface area contributed by atoms with E-state index in [1.54, 1.807) is 42.5 Å². The molecule has 0 bridgehead atoms. The third-order valence-electron chi connectivity index (χ3n) is 2.94. The van der Waals surface area contributed by atoms with Crippen molar-refractivity contribution in [3.05, 3.63) is 65.2 Å². The molecule has 0 aliphatic carbocycles. The average Bonchev–Trinajstić information content (AvgIpc) is 2.53. The monoisotopic (exact) mass is 282 g/mol. The van der Waals surface area contributed by atoms with Gasteiger partial charge in [0.1, 0.15) is 0 Å². The first-order valence-electron chi connectivity index (χ1n) is 6.22. The van der Waals surface area contributed by atoms with Gasteiger partial charge in [-0.15, -0.1) is 5.11 Å². The summed E-state index contributed by atoms with van der Waals surface area (Å²) < 4.78 is 0. The SMILES string of the molecule is N=NC(=N)c1ccc(NCc2cccc(C(=O)O)c2)cc1. The minimum absolute atomic E-state index is 0.0873. The zero-order valence-electron chi connectivity index (χ0n) is 11.1. The fourth-order valence-corrected chi connectivity index (χ4v) is 1.83. The highest BCUT2D eigenvalue weighted by Gasteiger charge is 2.03. The van der Waals surface area contributed by atoms with Crippen molar-refractivity contribution in [2.75, 3.05) is 5.32 Å². The summed E-state index contributed by atoms with van der Waals surface area (Å²) in [7, 11) is 0. The average molecular weight is 282 g/mol. The van der Waals surface area contributed by atoms with Crippen LogP contribution in [0.2, 0.25) is 0 Å². The van der Waals surface area contributed by atoms with Crippen LogP contribution in [0.15, 0.2) is 53.6 Å². The van der Waals surface area contributed by atoms with Crippen LogP contribution in [-0.4, -0.2) is 16.9 Å². The van der Waals surface area contributed by atoms with E-state index in [0.29, 0.717) is 12.1 Å². The van der Waals surface area contributed by atoms with E-state index >= 15 is 0 Å². The number of carbonyl (C=O) groups is 1. The Kier molecular flexibility index (Phi) is 4.40. The summed E-state index contributed by atoms with van der Waals surface area (Å²) in [6.07, 6.45) is 0. The second kappa shape index (κ2) is 6.42. The normalized spacial score (nSPS) is 9.90. The minimum atomic E-state index is -0.946. The lowest BCUT2D eigenvalue weighted by Gasteiger charge is -2.08. The predicted molar refractivity (Wildman–Crippen MR) is 79.1 cm³/mol. The van der Waals surface area contributed by atoms with Crippen molar-refractivity contribution in [1.82, 2.24) is 0 Å². The van der Waals surface area contributed by atoms with Gasteiger partial charge in [-0.25, -0.2) is 10.3 Å². The molecule has 4 N–H and O–H groups in total. The van der Waals surface area contributed by atoms with Crippen LogP contribution in [0, 0.1) is 10.9 Å². The van der Waals surface area contributed by atoms with Crippen LogP contribution in [0.25, 0.3) is 0 Å². The van der Waals surface area contributed by atoms with Crippen LogP contribution in [-0.2, 0) is 6.54 Å². The molecule has 2 aromatic rings. The van der Waals surface area contributed by atoms with Crippen LogP contribution < -0.4 is 5.32 Å². The van der Waals surface area contributed by atoms with Crippen molar-refractivity contribution < 1.29 is 9.90 Å². The van der Waals surface area contributed by atoms with Gasteiger partial charge in [-0.1, -0.05) is 12.1 Å². The molecule has 0 saturated heterocycles. The van der Waals surface area contributed by atoms with E-state index in [4.69, 9.17) is 16.0 Å². The first-order valence-corrected chi connectivity index (χ1v) is 6.22. The Bertz CT molecular complexity index is 680. The number of hydrogen-bond acceptors (Lipinski definition) is 4. The summed E-state index contributed by atoms with van der Waals surface area (Å²) >= 11 is 0. The molecule has 0 atom stereocenters. The number of nitrogens with zero attached hydrogens (tertiary/aromatic N) is 1. The third-order valence-corrected chi connectivity index (χ3v) is 2.94. The van der Waals surface area contributed by atoms with Crippen LogP contribution >= 0.6 is 0 Å². The van der Waals surface area contributed by atoms with Crippen LogP contribution in [0.1, 0.15) is 21.5 Å². The summed E-state index contributed by atoms with van der Waals surface area (Å²) in [5.41, 5.74) is 9.33. The minimum Gasteiger partial charge on any atom is -0.478 e. The van der Waals surface area contributed by atoms with E-state index in [0.717, 1.165) is 11.3 Å². The lowest BCUT2D eigenvalue weighted by molar-refractivity contribution is 0.0697. The molecular formula is C15H14N4O2. The van der Waals surface area contributed by atoms with Gasteiger partial charge in [0.25, 0.3) is 0 Å². The van der Waals surface area contributed by atoms with E-state index in [1.165, 1.54) is 0 Å². The Morgan fingerprint density at radius 2 is 1.86 bits per heavy atom. The molecule has 106 valence electrons. The maximum absolute atomic E-state index is 10.9. The van der Waals surface area contributed by atoms with Gasteiger partial charge in [-0.3, -0.25) is 5.41 Å². The number of anilines is 1. The summed E-state index contributed by atoms with van der Waals surface area (Å²) in [5.74, 6) is -1.03. The molecule has 0 amide bonds. The largest absolute Gasteiger partial charge is 0.478 e. The molecule has 6 nitrogen and oxygen atoms in total. The number of hydrogen-bond donors (Lipinski definition) is 4. The fourth-order valence-electron chi connectivity index (χ4n) is 1.83. The van der Waals surface area contributed by atoms with Gasteiger partial charge in [-0.2, -0.15) is 0 Å². The number of nitrogens with one attached hydrogen (secondary N) is 3. The standard InChI is InChI=1S/C15H14N4O2/c16-14(19-17)11-4-6-13(7-5-11)18-9-10-2-1-3-12(8-10)15(20)21/h1-8,16-18H,9H2,(H,20,21). The van der Waals surface area contributed by atoms with Gasteiger partial charge in [0, 0.05) is 17.8 Å². The molecule has 0 spiro atoms. The highest BCUT2D eigenvalue weighted by atomic mass is 16.4. The van der Waals surface area contributed by atoms with Gasteiger partial charge in [0.2, 0.25) is 0 Å². The summed E-state index contributed by atoms with van der Waals surface area (Å²) in [6.45, 7) is 0.501. The Morgan fingerprint density at radius 3 is 2.48 bits per heavy atom. The first-order chi connectivity index (χ1) is 10.1. The maximum atomic E-state index is 10.9. The maximum Gasteiger partial charge on any atom is 0.335 e. The Balaban J connectivity index is 2.03. The van der Waals surface area contributed by atoms with E-state index in [-0.39, 0.29) is 11.4 Å². The molecule has 0 aromatic heterocycles. The van der Waals surface area contributed by atoms with Crippen molar-refractivity contribution in [3.63, 3.8) is 0 Å². The number of aromatic carboxylic acids is 1. The van der Waals surface area contributed by atoms with E-state index in [9.17, 15) is 4.79 Å². The molecule has 0 heterocycles. The van der Waals surface area contributed by atoms with Crippen molar-refractivity contribution in [2.45, 2.75) is 6.54 Å². The lowest BCUT2D eigenvalue weighted by atomic mass is 10.1. The number of rotatable bonds is 5. The van der Waals surface area contributed by atoms with Gasteiger partial charge < -0.3 is 10.4 Å². The van der Waals surface area contributed by atoms with Crippen LogP contribution in [0.5, 0.6) is 0 Å². The summed E-state index contributed by atoms with van der Waals surface area (Å²) in [4.78, 5) is 10.9. The van der Waals surface area contributed by atoms with Crippen molar-refractivity contribution in [1.29, 1.82) is 10.9 Å². The van der Waals surface area contributed by atoms with Gasteiger partial charge in [0.05, 0.1) is 5.56 Å². The van der Waals surface area contributed by atoms with Crippen LogP contribution in [0.3, 0.4) is 0 Å². The molecule has 2 rings (SSSR count). The number of carboxylic acids is 1. The van der Waals surface area contributed by atoms with E-state index < -0.39 is 5.97 Å². The Labute approximate surface area is 121 Å². The predicted octanol–water partition coefficient (Wildman–Crippen LogP) is 3.35. The number of carboxylic acid groups (broad SMARTS) is 1. The molecular weight excluding hydrogens is 268 g/mol.